The quantitative estimate of drug-likeness (QED) is 0.142. The van der Waals surface area contributed by atoms with E-state index in [2.05, 4.69) is 484 Å². The highest BCUT2D eigenvalue weighted by Crippen LogP contribution is 2.52. The zero-order chi connectivity index (χ0) is 88.0. The van der Waals surface area contributed by atoms with Crippen molar-refractivity contribution < 1.29 is 13.3 Å². The first-order valence-corrected chi connectivity index (χ1v) is 46.0. The molecule has 0 saturated heterocycles. The predicted molar refractivity (Wildman–Crippen MR) is 569 cm³/mol. The summed E-state index contributed by atoms with van der Waals surface area (Å²) in [6.07, 6.45) is 0. The van der Waals surface area contributed by atoms with Crippen molar-refractivity contribution >= 4 is 195 Å². The van der Waals surface area contributed by atoms with Gasteiger partial charge in [-0.2, -0.15) is 0 Å². The molecule has 25 aromatic carbocycles. The molecule has 0 saturated carbocycles. The number of hydrogen-bond acceptors (Lipinski definition) is 3. The predicted octanol–water partition coefficient (Wildman–Crippen LogP) is 37.1. The van der Waals surface area contributed by atoms with E-state index in [1.165, 1.54) is 207 Å². The molecule has 0 unspecified atom stereocenters. The fraction of sp³-hybridized carbons (Fsp3) is 0. The Kier molecular flexibility index (Phi) is 17.7. The van der Waals surface area contributed by atoms with Crippen molar-refractivity contribution in [2.24, 2.45) is 0 Å². The van der Waals surface area contributed by atoms with E-state index >= 15 is 0 Å². The van der Waals surface area contributed by atoms with Gasteiger partial charge in [-0.25, -0.2) is 0 Å². The fourth-order valence-corrected chi connectivity index (χ4v) is 22.0. The molecule has 0 amide bonds. The Morgan fingerprint density at radius 3 is 0.754 bits per heavy atom. The average molecular weight is 1700 g/mol. The maximum absolute atomic E-state index is 6.39. The number of fused-ring (bicyclic) bond motifs is 22. The molecule has 4 aromatic heterocycles. The average Bonchev–Trinajstić information content (AvgIpc) is 1.13. The Labute approximate surface area is 770 Å². The number of aromatic nitrogens is 1. The molecule has 0 spiro atoms. The van der Waals surface area contributed by atoms with Crippen LogP contribution in [0.25, 0.3) is 279 Å². The monoisotopic (exact) mass is 1700 g/mol. The van der Waals surface area contributed by atoms with Crippen LogP contribution in [0.5, 0.6) is 0 Å². The van der Waals surface area contributed by atoms with Gasteiger partial charge < -0.3 is 17.8 Å². The first kappa shape index (κ1) is 76.4. The Hall–Kier alpha value is -17.7. The van der Waals surface area contributed by atoms with Crippen LogP contribution in [0.1, 0.15) is 0 Å². The van der Waals surface area contributed by atoms with Gasteiger partial charge in [-0.15, -0.1) is 0 Å². The molecule has 4 heteroatoms. The minimum Gasteiger partial charge on any atom is -0.456 e. The van der Waals surface area contributed by atoms with Gasteiger partial charge in [-0.05, 0) is 289 Å². The van der Waals surface area contributed by atoms with Crippen LogP contribution in [0.3, 0.4) is 0 Å². The topological polar surface area (TPSA) is 44.4 Å². The molecule has 0 N–H and O–H groups in total. The number of benzene rings is 25. The largest absolute Gasteiger partial charge is 0.456 e. The summed E-state index contributed by atoms with van der Waals surface area (Å²) in [6.45, 7) is 0. The zero-order valence-electron chi connectivity index (χ0n) is 72.8. The van der Waals surface area contributed by atoms with Crippen LogP contribution in [0.4, 0.5) is 0 Å². The van der Waals surface area contributed by atoms with Crippen molar-refractivity contribution in [2.45, 2.75) is 0 Å². The van der Waals surface area contributed by atoms with Crippen molar-refractivity contribution in [3.63, 3.8) is 0 Å². The summed E-state index contributed by atoms with van der Waals surface area (Å²) in [7, 11) is 0. The second kappa shape index (κ2) is 31.0. The number of furan rings is 3. The number of nitrogens with zero attached hydrogens (tertiary/aromatic N) is 1. The summed E-state index contributed by atoms with van der Waals surface area (Å²) in [5.41, 5.74) is 26.4. The lowest BCUT2D eigenvalue weighted by Gasteiger charge is -2.18. The Bertz CT molecular complexity index is 9680. The molecule has 4 nitrogen and oxygen atoms in total. The molecular formula is C130H79NO3. The van der Waals surface area contributed by atoms with Gasteiger partial charge in [0, 0.05) is 48.8 Å². The molecule has 622 valence electrons. The zero-order valence-corrected chi connectivity index (χ0v) is 72.8. The highest BCUT2D eigenvalue weighted by atomic mass is 16.3. The van der Waals surface area contributed by atoms with Crippen LogP contribution in [0.2, 0.25) is 0 Å². The van der Waals surface area contributed by atoms with Gasteiger partial charge in [-0.1, -0.05) is 376 Å². The van der Waals surface area contributed by atoms with Gasteiger partial charge in [-0.3, -0.25) is 0 Å². The van der Waals surface area contributed by atoms with Crippen molar-refractivity contribution in [2.75, 3.05) is 0 Å². The molecule has 29 aromatic rings. The van der Waals surface area contributed by atoms with Gasteiger partial charge in [0.15, 0.2) is 0 Å². The second-order valence-corrected chi connectivity index (χ2v) is 35.4. The third-order valence-electron chi connectivity index (χ3n) is 28.0. The molecule has 0 atom stereocenters. The van der Waals surface area contributed by atoms with Crippen LogP contribution in [0, 0.1) is 0 Å². The van der Waals surface area contributed by atoms with Crippen LogP contribution < -0.4 is 0 Å². The highest BCUT2D eigenvalue weighted by molar-refractivity contribution is 6.28. The normalized spacial score (nSPS) is 11.9. The summed E-state index contributed by atoms with van der Waals surface area (Å²) < 4.78 is 21.5. The maximum Gasteiger partial charge on any atom is 0.136 e. The van der Waals surface area contributed by atoms with Crippen LogP contribution in [-0.4, -0.2) is 4.57 Å². The van der Waals surface area contributed by atoms with Crippen molar-refractivity contribution in [1.29, 1.82) is 0 Å². The molecule has 0 aliphatic carbocycles. The number of hydrogen-bond donors (Lipinski definition) is 0. The SMILES string of the molecule is c1ccc(-c2cccc(-c3c4ccccc4c(-c4ccc5oc6cc7ccccc7cc6c5c4)c4ccccc34)c2)cc1.c1ccc2cc3c(cc2c1)oc1ccc(-c2c4ccccc4c(-c4ccc(-n5c6ccccc6c6ccccc65)cc4)c4ccccc24)cc13.c1ccc2cc3c(cc2c1)oc1ccc(-c2c4ccccc4c(-c4cccc5ccccc45)c4ccccc24)cc13. The number of rotatable bonds is 8. The molecule has 0 radical (unpaired) electrons. The summed E-state index contributed by atoms with van der Waals surface area (Å²) in [5, 5.41) is 34.2. The summed E-state index contributed by atoms with van der Waals surface area (Å²) in [5.74, 6) is 0. The van der Waals surface area contributed by atoms with E-state index in [1.807, 2.05) is 0 Å². The lowest BCUT2D eigenvalue weighted by Crippen LogP contribution is -1.94. The molecule has 29 rings (SSSR count). The highest BCUT2D eigenvalue weighted by Gasteiger charge is 2.25. The Morgan fingerprint density at radius 2 is 0.381 bits per heavy atom. The van der Waals surface area contributed by atoms with Gasteiger partial charge in [0.2, 0.25) is 0 Å². The minimum absolute atomic E-state index is 0.910. The standard InChI is InChI=1S/C48H29NO.C42H26O.C40H24O/c1-2-12-32-29-46-42(27-31(32)11-1)41-28-33(23-26-45(41)50-46)48-39-17-5-3-15-37(39)47(38-16-4-6-18-40(38)48)30-21-24-34(25-22-30)49-43-19-9-7-13-35(43)36-14-8-10-20-44(36)49;1-2-11-27(12-3-1)28-15-10-16-31(23-28)41-33-17-6-8-19-35(33)42(36-20-9-7-18-34(36)41)32-21-22-39-37(25-32)38-24-29-13-4-5-14-30(29)26-40(38)43-39;1-2-12-27-24-38-36(22-26(27)11-1)35-23-28(20-21-37(35)41-38)39-31-15-5-7-17-33(31)40(34-18-8-6-16-32(34)39)30-19-9-13-25-10-3-4-14-29(25)30/h1-29H;1-26H;1-24H. The van der Waals surface area contributed by atoms with Crippen molar-refractivity contribution in [3.8, 4) is 83.6 Å². The third kappa shape index (κ3) is 12.4. The first-order chi connectivity index (χ1) is 66.4. The van der Waals surface area contributed by atoms with Gasteiger partial charge in [0.1, 0.15) is 33.5 Å². The van der Waals surface area contributed by atoms with E-state index in [9.17, 15) is 0 Å². The summed E-state index contributed by atoms with van der Waals surface area (Å²) >= 11 is 0. The second-order valence-electron chi connectivity index (χ2n) is 35.4. The molecule has 4 heterocycles. The van der Waals surface area contributed by atoms with E-state index in [0.717, 1.165) is 71.5 Å². The van der Waals surface area contributed by atoms with E-state index in [-0.39, 0.29) is 0 Å². The number of para-hydroxylation sites is 2. The molecule has 0 aliphatic heterocycles. The van der Waals surface area contributed by atoms with Gasteiger partial charge >= 0.3 is 0 Å². The summed E-state index contributed by atoms with van der Waals surface area (Å²) in [6, 6.07) is 173. The van der Waals surface area contributed by atoms with E-state index in [0.29, 0.717) is 0 Å². The Morgan fingerprint density at radius 1 is 0.127 bits per heavy atom. The third-order valence-corrected chi connectivity index (χ3v) is 28.0. The van der Waals surface area contributed by atoms with E-state index < -0.39 is 0 Å². The first-order valence-electron chi connectivity index (χ1n) is 46.0. The summed E-state index contributed by atoms with van der Waals surface area (Å²) in [4.78, 5) is 0. The molecule has 0 bridgehead atoms. The van der Waals surface area contributed by atoms with Crippen molar-refractivity contribution in [3.05, 3.63) is 479 Å². The van der Waals surface area contributed by atoms with Gasteiger partial charge in [0.25, 0.3) is 0 Å². The van der Waals surface area contributed by atoms with Gasteiger partial charge in [0.05, 0.1) is 11.0 Å². The molecule has 0 aliphatic rings. The molecule has 134 heavy (non-hydrogen) atoms. The lowest BCUT2D eigenvalue weighted by atomic mass is 9.84. The molecular weight excluding hydrogens is 1620 g/mol. The van der Waals surface area contributed by atoms with E-state index in [4.69, 9.17) is 13.3 Å². The maximum atomic E-state index is 6.39. The van der Waals surface area contributed by atoms with Crippen LogP contribution in [-0.2, 0) is 0 Å². The molecule has 0 fully saturated rings. The van der Waals surface area contributed by atoms with Crippen LogP contribution >= 0.6 is 0 Å². The van der Waals surface area contributed by atoms with Crippen LogP contribution in [0.15, 0.2) is 492 Å². The smallest absolute Gasteiger partial charge is 0.136 e. The van der Waals surface area contributed by atoms with Crippen molar-refractivity contribution in [1.82, 2.24) is 4.57 Å². The minimum atomic E-state index is 0.910. The van der Waals surface area contributed by atoms with E-state index in [1.54, 1.807) is 0 Å². The Balaban J connectivity index is 0.000000103. The fourth-order valence-electron chi connectivity index (χ4n) is 22.0. The lowest BCUT2D eigenvalue weighted by molar-refractivity contribution is 0.669.